The van der Waals surface area contributed by atoms with Crippen molar-refractivity contribution in [3.63, 3.8) is 0 Å². The number of aryl methyl sites for hydroxylation is 2. The minimum Gasteiger partial charge on any atom is -0.457 e. The van der Waals surface area contributed by atoms with Crippen molar-refractivity contribution in [2.24, 2.45) is 0 Å². The summed E-state index contributed by atoms with van der Waals surface area (Å²) in [4.78, 5) is 10.2. The number of pyridine rings is 1. The van der Waals surface area contributed by atoms with Crippen molar-refractivity contribution in [2.45, 2.75) is 78.2 Å². The molecular formula is C61H55N6O+. The molecule has 0 N–H and O–H groups in total. The van der Waals surface area contributed by atoms with Gasteiger partial charge in [0.05, 0.1) is 22.1 Å². The zero-order valence-corrected chi connectivity index (χ0v) is 39.7. The molecule has 68 heavy (non-hydrogen) atoms. The molecule has 7 nitrogen and oxygen atoms in total. The van der Waals surface area contributed by atoms with Crippen LogP contribution in [0.15, 0.2) is 176 Å². The first-order chi connectivity index (χ1) is 33.0. The lowest BCUT2D eigenvalue weighted by molar-refractivity contribution is -0.566. The summed E-state index contributed by atoms with van der Waals surface area (Å²) < 4.78 is 16.3. The molecule has 0 radical (unpaired) electrons. The Kier molecular flexibility index (Phi) is 9.77. The predicted molar refractivity (Wildman–Crippen MR) is 278 cm³/mol. The molecule has 0 unspecified atom stereocenters. The van der Waals surface area contributed by atoms with Crippen LogP contribution in [0, 0.1) is 0 Å². The number of benzene rings is 7. The molecule has 0 saturated heterocycles. The monoisotopic (exact) mass is 887 g/mol. The van der Waals surface area contributed by atoms with E-state index < -0.39 is 0 Å². The van der Waals surface area contributed by atoms with Gasteiger partial charge in [0.1, 0.15) is 34.5 Å². The molecular weight excluding hydrogens is 833 g/mol. The second-order valence-electron chi connectivity index (χ2n) is 20.5. The number of rotatable bonds is 7. The van der Waals surface area contributed by atoms with Gasteiger partial charge in [-0.1, -0.05) is 133 Å². The lowest BCUT2D eigenvalue weighted by Crippen LogP contribution is -2.31. The van der Waals surface area contributed by atoms with Crippen molar-refractivity contribution < 1.29 is 9.30 Å². The van der Waals surface area contributed by atoms with Crippen LogP contribution >= 0.6 is 0 Å². The SMILES string of the molecule is CC(C)(C)c1ccnc(-n2c3ccc(C(C)(C)C)cc3c3ccc(Oc4cccc(-n5c[n+](-c6c(-c7ccccc7)cccc6-c6ccccc6)c6cc7c(cc65)nc5n7CCCC5)c4)cc32)c1. The van der Waals surface area contributed by atoms with Gasteiger partial charge in [-0.25, -0.2) is 9.97 Å². The molecule has 11 aromatic rings. The molecule has 0 amide bonds. The molecule has 1 aliphatic rings. The molecule has 0 fully saturated rings. The molecule has 4 aromatic heterocycles. The first-order valence-electron chi connectivity index (χ1n) is 24.0. The Hall–Kier alpha value is -7.77. The van der Waals surface area contributed by atoms with E-state index in [9.17, 15) is 0 Å². The second kappa shape index (κ2) is 15.9. The lowest BCUT2D eigenvalue weighted by Gasteiger charge is -2.20. The maximum atomic E-state index is 6.90. The fraction of sp³-hybridized carbons (Fsp3) is 0.197. The molecule has 0 atom stereocenters. The van der Waals surface area contributed by atoms with Gasteiger partial charge in [0, 0.05) is 65.3 Å². The van der Waals surface area contributed by atoms with Crippen LogP contribution in [0.1, 0.15) is 71.3 Å². The van der Waals surface area contributed by atoms with Crippen molar-refractivity contribution in [3.8, 4) is 50.9 Å². The van der Waals surface area contributed by atoms with Crippen LogP contribution in [0.5, 0.6) is 11.5 Å². The molecule has 0 aliphatic carbocycles. The highest BCUT2D eigenvalue weighted by Gasteiger charge is 2.28. The standard InChI is InChI=1S/C61H55N6O/c1-60(2,3)42-26-29-52-50(33-42)49-28-27-46(36-53(49)67(52)58-34-43(30-31-62-58)61(4,5)6)68-45-22-15-21-44(35-45)65-39-66(56-38-54-51(37-55(56)65)63-57-25-13-14-32-64(54)57)59-47(40-17-9-7-10-18-40)23-16-24-48(59)41-19-11-8-12-20-41/h7-12,15-24,26-31,33-39H,13-14,25,32H2,1-6H3/q+1. The molecule has 0 spiro atoms. The van der Waals surface area contributed by atoms with E-state index in [1.165, 1.54) is 34.3 Å². The Morgan fingerprint density at radius 2 is 1.26 bits per heavy atom. The molecule has 0 saturated carbocycles. The average Bonchev–Trinajstić information content (AvgIpc) is 4.02. The van der Waals surface area contributed by atoms with E-state index in [0.29, 0.717) is 0 Å². The van der Waals surface area contributed by atoms with Gasteiger partial charge in [0.15, 0.2) is 11.0 Å². The first kappa shape index (κ1) is 41.6. The third-order valence-electron chi connectivity index (χ3n) is 13.9. The van der Waals surface area contributed by atoms with E-state index in [-0.39, 0.29) is 10.8 Å². The van der Waals surface area contributed by atoms with Crippen LogP contribution in [0.25, 0.3) is 83.3 Å². The van der Waals surface area contributed by atoms with Gasteiger partial charge in [0.25, 0.3) is 6.33 Å². The largest absolute Gasteiger partial charge is 0.457 e. The summed E-state index contributed by atoms with van der Waals surface area (Å²) in [5.74, 6) is 3.56. The van der Waals surface area contributed by atoms with Crippen molar-refractivity contribution in [1.29, 1.82) is 0 Å². The maximum absolute atomic E-state index is 6.90. The van der Waals surface area contributed by atoms with Crippen LogP contribution in [0.2, 0.25) is 0 Å². The highest BCUT2D eigenvalue weighted by molar-refractivity contribution is 6.10. The normalized spacial score (nSPS) is 13.2. The van der Waals surface area contributed by atoms with Gasteiger partial charge in [0.2, 0.25) is 0 Å². The predicted octanol–water partition coefficient (Wildman–Crippen LogP) is 14.8. The molecule has 7 heteroatoms. The number of ether oxygens (including phenoxy) is 1. The average molecular weight is 888 g/mol. The summed E-state index contributed by atoms with van der Waals surface area (Å²) in [7, 11) is 0. The van der Waals surface area contributed by atoms with Crippen LogP contribution in [0.4, 0.5) is 0 Å². The number of hydrogen-bond acceptors (Lipinski definition) is 3. The van der Waals surface area contributed by atoms with E-state index in [1.807, 2.05) is 12.3 Å². The molecule has 7 aromatic carbocycles. The smallest absolute Gasteiger partial charge is 0.255 e. The quantitative estimate of drug-likeness (QED) is 0.150. The highest BCUT2D eigenvalue weighted by atomic mass is 16.5. The first-order valence-corrected chi connectivity index (χ1v) is 24.0. The topological polar surface area (TPSA) is 53.7 Å². The maximum Gasteiger partial charge on any atom is 0.255 e. The zero-order chi connectivity index (χ0) is 46.3. The van der Waals surface area contributed by atoms with Gasteiger partial charge in [-0.05, 0) is 94.5 Å². The van der Waals surface area contributed by atoms with Gasteiger partial charge in [-0.2, -0.15) is 9.13 Å². The fourth-order valence-corrected chi connectivity index (χ4v) is 10.3. The van der Waals surface area contributed by atoms with Gasteiger partial charge in [-0.3, -0.25) is 4.57 Å². The zero-order valence-electron chi connectivity index (χ0n) is 39.7. The second-order valence-corrected chi connectivity index (χ2v) is 20.5. The summed E-state index contributed by atoms with van der Waals surface area (Å²) in [5.41, 5.74) is 15.8. The van der Waals surface area contributed by atoms with Crippen molar-refractivity contribution in [1.82, 2.24) is 23.7 Å². The molecule has 12 rings (SSSR count). The van der Waals surface area contributed by atoms with Crippen molar-refractivity contribution in [2.75, 3.05) is 0 Å². The van der Waals surface area contributed by atoms with E-state index >= 15 is 0 Å². The number of imidazole rings is 2. The number of fused-ring (bicyclic) bond motifs is 7. The molecule has 334 valence electrons. The van der Waals surface area contributed by atoms with Crippen LogP contribution in [-0.2, 0) is 23.8 Å². The number of nitrogens with zero attached hydrogens (tertiary/aromatic N) is 6. The molecule has 0 bridgehead atoms. The number of aromatic nitrogens is 6. The third-order valence-corrected chi connectivity index (χ3v) is 13.9. The van der Waals surface area contributed by atoms with Gasteiger partial charge >= 0.3 is 0 Å². The fourth-order valence-electron chi connectivity index (χ4n) is 10.3. The highest BCUT2D eigenvalue weighted by Crippen LogP contribution is 2.40. The Bertz CT molecular complexity index is 3670. The van der Waals surface area contributed by atoms with E-state index in [0.717, 1.165) is 103 Å². The lowest BCUT2D eigenvalue weighted by atomic mass is 9.86. The third kappa shape index (κ3) is 7.16. The van der Waals surface area contributed by atoms with Crippen LogP contribution in [0.3, 0.4) is 0 Å². The summed E-state index contributed by atoms with van der Waals surface area (Å²) in [5, 5.41) is 2.37. The van der Waals surface area contributed by atoms with E-state index in [2.05, 4.69) is 224 Å². The Morgan fingerprint density at radius 1 is 0.559 bits per heavy atom. The Labute approximate surface area is 397 Å². The van der Waals surface area contributed by atoms with Gasteiger partial charge in [-0.15, -0.1) is 0 Å². The van der Waals surface area contributed by atoms with E-state index in [1.54, 1.807) is 0 Å². The molecule has 5 heterocycles. The number of para-hydroxylation sites is 1. The molecule has 1 aliphatic heterocycles. The summed E-state index contributed by atoms with van der Waals surface area (Å²) in [6, 6.07) is 59.0. The minimum absolute atomic E-state index is 0.00491. The summed E-state index contributed by atoms with van der Waals surface area (Å²) in [6.07, 6.45) is 7.52. The van der Waals surface area contributed by atoms with Gasteiger partial charge < -0.3 is 9.30 Å². The van der Waals surface area contributed by atoms with Crippen molar-refractivity contribution >= 4 is 43.9 Å². The van der Waals surface area contributed by atoms with E-state index in [4.69, 9.17) is 14.7 Å². The number of hydrogen-bond donors (Lipinski definition) is 0. The Balaban J connectivity index is 1.03. The van der Waals surface area contributed by atoms with Crippen LogP contribution in [-0.4, -0.2) is 23.7 Å². The summed E-state index contributed by atoms with van der Waals surface area (Å²) >= 11 is 0. The summed E-state index contributed by atoms with van der Waals surface area (Å²) in [6.45, 7) is 14.6. The van der Waals surface area contributed by atoms with Crippen molar-refractivity contribution in [3.05, 3.63) is 193 Å². The van der Waals surface area contributed by atoms with Crippen LogP contribution < -0.4 is 9.30 Å². The minimum atomic E-state index is -0.0288. The Morgan fingerprint density at radius 3 is 2.00 bits per heavy atom.